The predicted molar refractivity (Wildman–Crippen MR) is 20.5 cm³/mol. The zero-order chi connectivity index (χ0) is 0. The summed E-state index contributed by atoms with van der Waals surface area (Å²) in [7, 11) is 0. The summed E-state index contributed by atoms with van der Waals surface area (Å²) in [6.07, 6.45) is 0. The summed E-state index contributed by atoms with van der Waals surface area (Å²) in [5.41, 5.74) is 0. The van der Waals surface area contributed by atoms with Crippen LogP contribution in [0.4, 0.5) is 0 Å². The summed E-state index contributed by atoms with van der Waals surface area (Å²) in [5, 5.41) is 0. The third-order valence-corrected chi connectivity index (χ3v) is 0. The van der Waals surface area contributed by atoms with Crippen LogP contribution in [0, 0.1) is 0 Å². The van der Waals surface area contributed by atoms with Crippen LogP contribution in [0.2, 0.25) is 0 Å². The second-order valence-electron chi connectivity index (χ2n) is 0. The van der Waals surface area contributed by atoms with Crippen molar-refractivity contribution in [2.24, 2.45) is 0 Å². The molecule has 0 atom stereocenters. The van der Waals surface area contributed by atoms with E-state index in [0.29, 0.717) is 0 Å². The van der Waals surface area contributed by atoms with E-state index in [0.717, 1.165) is 0 Å². The predicted octanol–water partition coefficient (Wildman–Crippen LogP) is -0.388. The van der Waals surface area contributed by atoms with Crippen LogP contribution < -0.4 is 0 Å². The molecular weight excluding hydrogens is 154 g/mol. The summed E-state index contributed by atoms with van der Waals surface area (Å²) < 4.78 is 0. The maximum Gasteiger partial charge on any atom is 2.00 e. The standard InChI is InChI=1S/Mg.2S.Zn/q+2;2*-2;+2. The molecular formula is MgS2Zn. The minimum Gasteiger partial charge on any atom is -2.00 e. The average Bonchev–Trinajstić information content (AvgIpc) is 0. The van der Waals surface area contributed by atoms with E-state index in [1.54, 1.807) is 0 Å². The van der Waals surface area contributed by atoms with Crippen molar-refractivity contribution in [1.82, 2.24) is 0 Å². The molecule has 4 heavy (non-hydrogen) atoms. The van der Waals surface area contributed by atoms with E-state index in [4.69, 9.17) is 0 Å². The quantitative estimate of drug-likeness (QED) is 0.417. The van der Waals surface area contributed by atoms with Gasteiger partial charge in [-0.05, 0) is 0 Å². The molecule has 0 bridgehead atoms. The smallest absolute Gasteiger partial charge is 2.00 e. The Morgan fingerprint density at radius 1 is 0.750 bits per heavy atom. The summed E-state index contributed by atoms with van der Waals surface area (Å²) in [5.74, 6) is 0. The summed E-state index contributed by atoms with van der Waals surface area (Å²) in [4.78, 5) is 0. The average molecular weight is 154 g/mol. The largest absolute Gasteiger partial charge is 2.00 e. The van der Waals surface area contributed by atoms with Gasteiger partial charge >= 0.3 is 42.5 Å². The van der Waals surface area contributed by atoms with E-state index < -0.39 is 0 Å². The van der Waals surface area contributed by atoms with Crippen LogP contribution in [0.5, 0.6) is 0 Å². The van der Waals surface area contributed by atoms with Gasteiger partial charge in [-0.3, -0.25) is 0 Å². The molecule has 0 radical (unpaired) electrons. The van der Waals surface area contributed by atoms with Gasteiger partial charge in [0.1, 0.15) is 0 Å². The molecule has 0 aliphatic carbocycles. The molecule has 0 saturated carbocycles. The second-order valence-corrected chi connectivity index (χ2v) is 0. The summed E-state index contributed by atoms with van der Waals surface area (Å²) in [6, 6.07) is 0. The topological polar surface area (TPSA) is 0 Å². The van der Waals surface area contributed by atoms with Gasteiger partial charge in [-0.2, -0.15) is 0 Å². The van der Waals surface area contributed by atoms with Gasteiger partial charge in [0.25, 0.3) is 0 Å². The monoisotopic (exact) mass is 152 g/mol. The Balaban J connectivity index is 0. The zero-order valence-corrected chi connectivity index (χ0v) is 8.25. The molecule has 0 aromatic carbocycles. The summed E-state index contributed by atoms with van der Waals surface area (Å²) in [6.45, 7) is 0. The fourth-order valence-corrected chi connectivity index (χ4v) is 0. The molecule has 16 valence electrons. The van der Waals surface area contributed by atoms with Gasteiger partial charge in [0.05, 0.1) is 0 Å². The van der Waals surface area contributed by atoms with Crippen molar-refractivity contribution >= 4 is 50.0 Å². The van der Waals surface area contributed by atoms with Crippen molar-refractivity contribution in [1.29, 1.82) is 0 Å². The minimum atomic E-state index is 0. The van der Waals surface area contributed by atoms with E-state index in [1.165, 1.54) is 0 Å². The first kappa shape index (κ1) is 36.1. The van der Waals surface area contributed by atoms with Crippen LogP contribution in [0.1, 0.15) is 0 Å². The van der Waals surface area contributed by atoms with Crippen molar-refractivity contribution in [3.63, 3.8) is 0 Å². The number of rotatable bonds is 0. The van der Waals surface area contributed by atoms with Crippen LogP contribution in [-0.4, -0.2) is 23.1 Å². The fraction of sp³-hybridized carbons (Fsp3) is 0. The van der Waals surface area contributed by atoms with Gasteiger partial charge < -0.3 is 27.0 Å². The van der Waals surface area contributed by atoms with E-state index in [-0.39, 0.29) is 69.5 Å². The molecule has 0 unspecified atom stereocenters. The Bertz CT molecular complexity index is 6.00. The van der Waals surface area contributed by atoms with Gasteiger partial charge in [0.2, 0.25) is 0 Å². The van der Waals surface area contributed by atoms with Crippen molar-refractivity contribution in [3.8, 4) is 0 Å². The van der Waals surface area contributed by atoms with Gasteiger partial charge in [-0.1, -0.05) is 0 Å². The molecule has 0 spiro atoms. The van der Waals surface area contributed by atoms with Crippen molar-refractivity contribution < 1.29 is 19.5 Å². The summed E-state index contributed by atoms with van der Waals surface area (Å²) >= 11 is 0. The molecule has 0 heterocycles. The molecule has 0 amide bonds. The normalized spacial score (nSPS) is 0. The van der Waals surface area contributed by atoms with Gasteiger partial charge in [-0.15, -0.1) is 0 Å². The Hall–Kier alpha value is 2.09. The molecule has 0 rings (SSSR count). The molecule has 0 saturated heterocycles. The SMILES string of the molecule is [Mg+2].[S-2].[S-2].[Zn+2]. The molecule has 0 aromatic rings. The molecule has 0 aliphatic heterocycles. The molecule has 0 nitrogen and oxygen atoms in total. The van der Waals surface area contributed by atoms with Crippen LogP contribution in [0.25, 0.3) is 0 Å². The molecule has 4 heteroatoms. The Morgan fingerprint density at radius 3 is 0.750 bits per heavy atom. The van der Waals surface area contributed by atoms with E-state index in [2.05, 4.69) is 0 Å². The van der Waals surface area contributed by atoms with Crippen LogP contribution >= 0.6 is 0 Å². The molecule has 0 fully saturated rings. The van der Waals surface area contributed by atoms with E-state index in [9.17, 15) is 0 Å². The maximum atomic E-state index is 0. The Morgan fingerprint density at radius 2 is 0.750 bits per heavy atom. The van der Waals surface area contributed by atoms with E-state index >= 15 is 0 Å². The van der Waals surface area contributed by atoms with Crippen LogP contribution in [0.3, 0.4) is 0 Å². The second kappa shape index (κ2) is 19.5. The number of hydrogen-bond donors (Lipinski definition) is 0. The first-order valence-corrected chi connectivity index (χ1v) is 0. The molecule has 0 N–H and O–H groups in total. The fourth-order valence-electron chi connectivity index (χ4n) is 0. The zero-order valence-electron chi connectivity index (χ0n) is 2.23. The molecule has 0 aromatic heterocycles. The van der Waals surface area contributed by atoms with Crippen molar-refractivity contribution in [2.45, 2.75) is 0 Å². The third-order valence-electron chi connectivity index (χ3n) is 0. The Kier molecular flexibility index (Phi) is 176. The van der Waals surface area contributed by atoms with E-state index in [1.807, 2.05) is 0 Å². The van der Waals surface area contributed by atoms with Gasteiger partial charge in [-0.25, -0.2) is 0 Å². The minimum absolute atomic E-state index is 0. The van der Waals surface area contributed by atoms with Gasteiger partial charge in [0, 0.05) is 0 Å². The van der Waals surface area contributed by atoms with Crippen LogP contribution in [-0.2, 0) is 46.5 Å². The van der Waals surface area contributed by atoms with Crippen molar-refractivity contribution in [2.75, 3.05) is 0 Å². The number of hydrogen-bond acceptors (Lipinski definition) is 0. The molecule has 0 aliphatic rings. The third kappa shape index (κ3) is 8.94. The van der Waals surface area contributed by atoms with Crippen molar-refractivity contribution in [3.05, 3.63) is 0 Å². The first-order valence-electron chi connectivity index (χ1n) is 0. The first-order chi connectivity index (χ1) is 0. The Labute approximate surface area is 68.9 Å². The van der Waals surface area contributed by atoms with Gasteiger partial charge in [0.15, 0.2) is 0 Å². The maximum absolute atomic E-state index is 0. The van der Waals surface area contributed by atoms with Crippen LogP contribution in [0.15, 0.2) is 0 Å².